The van der Waals surface area contributed by atoms with E-state index in [-0.39, 0.29) is 23.6 Å². The molecule has 4 saturated carbocycles. The normalized spacial score (nSPS) is 27.9. The third kappa shape index (κ3) is 3.18. The van der Waals surface area contributed by atoms with Crippen LogP contribution >= 0.6 is 0 Å². The number of carbonyl (C=O) groups is 1. The van der Waals surface area contributed by atoms with E-state index in [0.717, 1.165) is 28.0 Å². The number of hydrogen-bond acceptors (Lipinski definition) is 4. The van der Waals surface area contributed by atoms with Crippen molar-refractivity contribution >= 4 is 22.8 Å². The van der Waals surface area contributed by atoms with Crippen molar-refractivity contribution in [2.45, 2.75) is 50.5 Å². The highest BCUT2D eigenvalue weighted by Gasteiger charge is 2.51. The Morgan fingerprint density at radius 1 is 1.00 bits per heavy atom. The Hall–Kier alpha value is -3.16. The van der Waals surface area contributed by atoms with Gasteiger partial charge in [0.15, 0.2) is 11.2 Å². The minimum Gasteiger partial charge on any atom is -0.325 e. The molecule has 0 aliphatic heterocycles. The van der Waals surface area contributed by atoms with Crippen LogP contribution in [-0.4, -0.2) is 24.6 Å². The number of fused-ring (bicyclic) bond motifs is 1. The van der Waals surface area contributed by atoms with E-state index in [9.17, 15) is 14.4 Å². The first-order valence-corrected chi connectivity index (χ1v) is 11.8. The van der Waals surface area contributed by atoms with Crippen LogP contribution in [0.2, 0.25) is 0 Å². The number of carbonyl (C=O) groups excluding carboxylic acids is 1. The lowest BCUT2D eigenvalue weighted by Crippen LogP contribution is -2.48. The van der Waals surface area contributed by atoms with Gasteiger partial charge in [0.1, 0.15) is 6.54 Å². The number of nitrogens with zero attached hydrogens (tertiary/aromatic N) is 4. The van der Waals surface area contributed by atoms with Gasteiger partial charge >= 0.3 is 5.69 Å². The summed E-state index contributed by atoms with van der Waals surface area (Å²) in [5, 5.41) is 2.94. The summed E-state index contributed by atoms with van der Waals surface area (Å²) >= 11 is 0. The van der Waals surface area contributed by atoms with Gasteiger partial charge < -0.3 is 9.88 Å². The van der Waals surface area contributed by atoms with E-state index in [2.05, 4.69) is 22.4 Å². The summed E-state index contributed by atoms with van der Waals surface area (Å²) in [7, 11) is 2.99. The van der Waals surface area contributed by atoms with Crippen LogP contribution in [0.4, 0.5) is 5.69 Å². The first kappa shape index (κ1) is 20.4. The van der Waals surface area contributed by atoms with Crippen LogP contribution in [0.3, 0.4) is 0 Å². The second-order valence-corrected chi connectivity index (χ2v) is 10.6. The lowest BCUT2D eigenvalue weighted by molar-refractivity contribution is -0.116. The van der Waals surface area contributed by atoms with Crippen LogP contribution in [0.1, 0.15) is 44.1 Å². The van der Waals surface area contributed by atoms with Crippen LogP contribution in [0.25, 0.3) is 11.2 Å². The maximum atomic E-state index is 12.7. The summed E-state index contributed by atoms with van der Waals surface area (Å²) < 4.78 is 3.84. The largest absolute Gasteiger partial charge is 0.332 e. The fourth-order valence-corrected chi connectivity index (χ4v) is 7.24. The molecule has 8 heteroatoms. The van der Waals surface area contributed by atoms with E-state index in [0.29, 0.717) is 5.41 Å². The number of aromatic nitrogens is 4. The predicted octanol–water partition coefficient (Wildman–Crippen LogP) is 2.54. The van der Waals surface area contributed by atoms with Crippen LogP contribution in [-0.2, 0) is 30.8 Å². The van der Waals surface area contributed by atoms with Gasteiger partial charge in [-0.2, -0.15) is 0 Å². The van der Waals surface area contributed by atoms with E-state index in [1.54, 1.807) is 7.05 Å². The molecule has 4 fully saturated rings. The van der Waals surface area contributed by atoms with E-state index >= 15 is 0 Å². The molecular weight excluding hydrogens is 418 g/mol. The molecule has 4 bridgehead atoms. The van der Waals surface area contributed by atoms with Gasteiger partial charge in [-0.25, -0.2) is 9.78 Å². The second-order valence-electron chi connectivity index (χ2n) is 10.6. The third-order valence-electron chi connectivity index (χ3n) is 8.35. The van der Waals surface area contributed by atoms with Crippen molar-refractivity contribution in [1.29, 1.82) is 0 Å². The minimum atomic E-state index is -0.460. The molecule has 1 aromatic carbocycles. The lowest BCUT2D eigenvalue weighted by Gasteiger charge is -2.57. The summed E-state index contributed by atoms with van der Waals surface area (Å²) in [6, 6.07) is 8.39. The number of rotatable bonds is 4. The third-order valence-corrected chi connectivity index (χ3v) is 8.35. The molecule has 0 spiro atoms. The molecule has 1 N–H and O–H groups in total. The van der Waals surface area contributed by atoms with Crippen molar-refractivity contribution < 1.29 is 4.79 Å². The van der Waals surface area contributed by atoms with Crippen LogP contribution in [0, 0.1) is 17.8 Å². The average Bonchev–Trinajstić information content (AvgIpc) is 3.19. The standard InChI is InChI=1S/C25H29N5O3/c1-28-22-21(23(32)29(2)24(28)33)30(14-26-22)13-20(31)27-19-5-3-18(4-6-19)25-10-15-7-16(11-25)9-17(8-15)12-25/h3-6,14-17H,7-13H2,1-2H3,(H,27,31). The molecular formula is C25H29N5O3. The van der Waals surface area contributed by atoms with Gasteiger partial charge in [-0.05, 0) is 79.4 Å². The highest BCUT2D eigenvalue weighted by molar-refractivity contribution is 5.91. The molecule has 2 aromatic heterocycles. The first-order valence-electron chi connectivity index (χ1n) is 11.8. The maximum Gasteiger partial charge on any atom is 0.332 e. The summed E-state index contributed by atoms with van der Waals surface area (Å²) in [6.07, 6.45) is 9.65. The zero-order valence-electron chi connectivity index (χ0n) is 19.1. The molecule has 1 amide bonds. The van der Waals surface area contributed by atoms with Crippen molar-refractivity contribution in [1.82, 2.24) is 18.7 Å². The predicted molar refractivity (Wildman–Crippen MR) is 125 cm³/mol. The second kappa shape index (κ2) is 7.17. The van der Waals surface area contributed by atoms with Crippen molar-refractivity contribution in [2.24, 2.45) is 31.8 Å². The average molecular weight is 448 g/mol. The molecule has 172 valence electrons. The van der Waals surface area contributed by atoms with Gasteiger partial charge in [0, 0.05) is 19.8 Å². The zero-order chi connectivity index (χ0) is 22.9. The van der Waals surface area contributed by atoms with E-state index < -0.39 is 11.2 Å². The molecule has 4 aliphatic rings. The SMILES string of the molecule is Cn1c(=O)c2c(ncn2CC(=O)Nc2ccc(C34CC5CC(CC(C5)C3)C4)cc2)n(C)c1=O. The smallest absolute Gasteiger partial charge is 0.325 e. The molecule has 7 rings (SSSR count). The van der Waals surface area contributed by atoms with Crippen molar-refractivity contribution in [2.75, 3.05) is 5.32 Å². The van der Waals surface area contributed by atoms with Crippen LogP contribution in [0.15, 0.2) is 40.2 Å². The fourth-order valence-electron chi connectivity index (χ4n) is 7.24. The number of imidazole rings is 1. The summed E-state index contributed by atoms with van der Waals surface area (Å²) in [5.41, 5.74) is 2.12. The molecule has 33 heavy (non-hydrogen) atoms. The van der Waals surface area contributed by atoms with Gasteiger partial charge in [0.05, 0.1) is 6.33 Å². The monoisotopic (exact) mass is 447 g/mol. The highest BCUT2D eigenvalue weighted by Crippen LogP contribution is 2.60. The molecule has 2 heterocycles. The molecule has 8 nitrogen and oxygen atoms in total. The zero-order valence-corrected chi connectivity index (χ0v) is 19.1. The highest BCUT2D eigenvalue weighted by atomic mass is 16.2. The van der Waals surface area contributed by atoms with Gasteiger partial charge in [-0.3, -0.25) is 18.7 Å². The molecule has 0 radical (unpaired) electrons. The number of hydrogen-bond donors (Lipinski definition) is 1. The van der Waals surface area contributed by atoms with Gasteiger partial charge in [0.2, 0.25) is 5.91 Å². The van der Waals surface area contributed by atoms with E-state index in [1.165, 1.54) is 66.6 Å². The summed E-state index contributed by atoms with van der Waals surface area (Å²) in [5.74, 6) is 2.45. The van der Waals surface area contributed by atoms with Crippen molar-refractivity contribution in [3.05, 3.63) is 57.0 Å². The Bertz CT molecular complexity index is 1340. The Morgan fingerprint density at radius 3 is 2.21 bits per heavy atom. The maximum absolute atomic E-state index is 12.7. The van der Waals surface area contributed by atoms with E-state index in [1.807, 2.05) is 12.1 Å². The molecule has 0 atom stereocenters. The van der Waals surface area contributed by atoms with Crippen LogP contribution in [0.5, 0.6) is 0 Å². The Kier molecular flexibility index (Phi) is 4.44. The fraction of sp³-hybridized carbons (Fsp3) is 0.520. The van der Waals surface area contributed by atoms with Crippen LogP contribution < -0.4 is 16.6 Å². The number of amides is 1. The van der Waals surface area contributed by atoms with Crippen molar-refractivity contribution in [3.63, 3.8) is 0 Å². The summed E-state index contributed by atoms with van der Waals surface area (Å²) in [4.78, 5) is 41.6. The van der Waals surface area contributed by atoms with E-state index in [4.69, 9.17) is 0 Å². The Labute approximate surface area is 191 Å². The lowest BCUT2D eigenvalue weighted by atomic mass is 9.48. The molecule has 4 aliphatic carbocycles. The first-order chi connectivity index (χ1) is 15.8. The van der Waals surface area contributed by atoms with Crippen molar-refractivity contribution in [3.8, 4) is 0 Å². The number of nitrogens with one attached hydrogen (secondary N) is 1. The quantitative estimate of drug-likeness (QED) is 0.665. The number of anilines is 1. The topological polar surface area (TPSA) is 90.9 Å². The van der Waals surface area contributed by atoms with Gasteiger partial charge in [-0.1, -0.05) is 12.1 Å². The Morgan fingerprint density at radius 2 is 1.61 bits per heavy atom. The number of aryl methyl sites for hydroxylation is 1. The number of benzene rings is 1. The minimum absolute atomic E-state index is 0.0549. The van der Waals surface area contributed by atoms with Gasteiger partial charge in [-0.15, -0.1) is 0 Å². The van der Waals surface area contributed by atoms with Gasteiger partial charge in [0.25, 0.3) is 5.56 Å². The summed E-state index contributed by atoms with van der Waals surface area (Å²) in [6.45, 7) is -0.0549. The molecule has 0 unspecified atom stereocenters. The molecule has 0 saturated heterocycles. The Balaban J connectivity index is 1.20. The molecule has 3 aromatic rings.